The van der Waals surface area contributed by atoms with Crippen LogP contribution in [0.25, 0.3) is 0 Å². The van der Waals surface area contributed by atoms with Crippen LogP contribution in [0, 0.1) is 5.82 Å². The van der Waals surface area contributed by atoms with Gasteiger partial charge in [0.15, 0.2) is 0 Å². The Kier molecular flexibility index (Phi) is 4.24. The Labute approximate surface area is 106 Å². The molecule has 4 heteroatoms. The van der Waals surface area contributed by atoms with E-state index in [9.17, 15) is 4.39 Å². The van der Waals surface area contributed by atoms with Crippen molar-refractivity contribution in [3.63, 3.8) is 0 Å². The summed E-state index contributed by atoms with van der Waals surface area (Å²) in [5, 5.41) is 3.63. The standard InChI is InChI=1S/C13H17ClFNO/c1-2-10-8-9(6-7-17-10)16-13-11(14)4-3-5-12(13)15/h3-5,9-10,16H,2,6-8H2,1H3. The molecule has 0 aliphatic carbocycles. The zero-order chi connectivity index (χ0) is 12.3. The Bertz CT molecular complexity index is 365. The van der Waals surface area contributed by atoms with Crippen LogP contribution in [0.4, 0.5) is 10.1 Å². The van der Waals surface area contributed by atoms with Crippen molar-refractivity contribution in [3.8, 4) is 0 Å². The van der Waals surface area contributed by atoms with E-state index in [1.165, 1.54) is 6.07 Å². The lowest BCUT2D eigenvalue weighted by atomic mass is 10.0. The first-order chi connectivity index (χ1) is 8.20. The highest BCUT2D eigenvalue weighted by molar-refractivity contribution is 6.33. The highest BCUT2D eigenvalue weighted by atomic mass is 35.5. The SMILES string of the molecule is CCC1CC(Nc2c(F)cccc2Cl)CCO1. The Morgan fingerprint density at radius 3 is 3.06 bits per heavy atom. The second-order valence-corrected chi connectivity index (χ2v) is 4.77. The number of ether oxygens (including phenoxy) is 1. The molecule has 0 aromatic heterocycles. The quantitative estimate of drug-likeness (QED) is 0.888. The Balaban J connectivity index is 2.05. The minimum atomic E-state index is -0.294. The zero-order valence-electron chi connectivity index (χ0n) is 9.88. The van der Waals surface area contributed by atoms with Crippen molar-refractivity contribution in [1.29, 1.82) is 0 Å². The molecule has 1 N–H and O–H groups in total. The molecule has 0 bridgehead atoms. The number of anilines is 1. The maximum absolute atomic E-state index is 13.6. The van der Waals surface area contributed by atoms with E-state index in [0.717, 1.165) is 25.9 Å². The normalized spacial score (nSPS) is 24.6. The third-order valence-corrected chi connectivity index (χ3v) is 3.45. The van der Waals surface area contributed by atoms with Gasteiger partial charge < -0.3 is 10.1 Å². The van der Waals surface area contributed by atoms with Crippen molar-refractivity contribution in [2.45, 2.75) is 38.3 Å². The van der Waals surface area contributed by atoms with Crippen molar-refractivity contribution in [3.05, 3.63) is 29.0 Å². The molecule has 2 atom stereocenters. The molecule has 2 nitrogen and oxygen atoms in total. The van der Waals surface area contributed by atoms with Gasteiger partial charge in [0.1, 0.15) is 5.82 Å². The highest BCUT2D eigenvalue weighted by Crippen LogP contribution is 2.28. The minimum Gasteiger partial charge on any atom is -0.379 e. The fraction of sp³-hybridized carbons (Fsp3) is 0.538. The summed E-state index contributed by atoms with van der Waals surface area (Å²) in [4.78, 5) is 0. The largest absolute Gasteiger partial charge is 0.379 e. The van der Waals surface area contributed by atoms with Gasteiger partial charge in [0.25, 0.3) is 0 Å². The number of para-hydroxylation sites is 1. The van der Waals surface area contributed by atoms with Crippen LogP contribution in [0.5, 0.6) is 0 Å². The van der Waals surface area contributed by atoms with Crippen molar-refractivity contribution in [1.82, 2.24) is 0 Å². The second-order valence-electron chi connectivity index (χ2n) is 4.36. The topological polar surface area (TPSA) is 21.3 Å². The summed E-state index contributed by atoms with van der Waals surface area (Å²) in [5.41, 5.74) is 0.413. The van der Waals surface area contributed by atoms with E-state index in [4.69, 9.17) is 16.3 Å². The zero-order valence-corrected chi connectivity index (χ0v) is 10.6. The van der Waals surface area contributed by atoms with Gasteiger partial charge in [-0.25, -0.2) is 4.39 Å². The van der Waals surface area contributed by atoms with Crippen LogP contribution in [0.3, 0.4) is 0 Å². The lowest BCUT2D eigenvalue weighted by Crippen LogP contribution is -2.34. The van der Waals surface area contributed by atoms with Crippen molar-refractivity contribution in [2.75, 3.05) is 11.9 Å². The molecule has 1 saturated heterocycles. The molecule has 94 valence electrons. The number of hydrogen-bond donors (Lipinski definition) is 1. The lowest BCUT2D eigenvalue weighted by molar-refractivity contribution is 0.00921. The van der Waals surface area contributed by atoms with Gasteiger partial charge in [0.05, 0.1) is 16.8 Å². The molecule has 0 saturated carbocycles. The van der Waals surface area contributed by atoms with E-state index >= 15 is 0 Å². The number of rotatable bonds is 3. The number of halogens is 2. The maximum atomic E-state index is 13.6. The monoisotopic (exact) mass is 257 g/mol. The van der Waals surface area contributed by atoms with E-state index in [0.29, 0.717) is 10.7 Å². The van der Waals surface area contributed by atoms with Crippen LogP contribution in [0.1, 0.15) is 26.2 Å². The molecule has 17 heavy (non-hydrogen) atoms. The number of benzene rings is 1. The van der Waals surface area contributed by atoms with E-state index in [-0.39, 0.29) is 18.0 Å². The summed E-state index contributed by atoms with van der Waals surface area (Å²) in [7, 11) is 0. The van der Waals surface area contributed by atoms with Gasteiger partial charge in [0.2, 0.25) is 0 Å². The second kappa shape index (κ2) is 5.69. The molecule has 1 aliphatic rings. The average molecular weight is 258 g/mol. The molecule has 1 heterocycles. The summed E-state index contributed by atoms with van der Waals surface area (Å²) in [6.45, 7) is 2.82. The molecule has 2 unspecified atom stereocenters. The average Bonchev–Trinajstić information content (AvgIpc) is 2.34. The first-order valence-electron chi connectivity index (χ1n) is 6.03. The molecule has 0 radical (unpaired) electrons. The fourth-order valence-electron chi connectivity index (χ4n) is 2.14. The van der Waals surface area contributed by atoms with Gasteiger partial charge >= 0.3 is 0 Å². The fourth-order valence-corrected chi connectivity index (χ4v) is 2.35. The molecule has 1 aliphatic heterocycles. The smallest absolute Gasteiger partial charge is 0.147 e. The van der Waals surface area contributed by atoms with Crippen LogP contribution in [0.2, 0.25) is 5.02 Å². The molecular formula is C13H17ClFNO. The highest BCUT2D eigenvalue weighted by Gasteiger charge is 2.22. The first-order valence-corrected chi connectivity index (χ1v) is 6.40. The van der Waals surface area contributed by atoms with E-state index in [1.54, 1.807) is 12.1 Å². The van der Waals surface area contributed by atoms with E-state index in [1.807, 2.05) is 0 Å². The summed E-state index contributed by atoms with van der Waals surface area (Å²) in [6.07, 6.45) is 3.05. The third kappa shape index (κ3) is 3.11. The van der Waals surface area contributed by atoms with Crippen LogP contribution in [0.15, 0.2) is 18.2 Å². The molecule has 0 spiro atoms. The van der Waals surface area contributed by atoms with E-state index in [2.05, 4.69) is 12.2 Å². The Morgan fingerprint density at radius 1 is 1.53 bits per heavy atom. The third-order valence-electron chi connectivity index (χ3n) is 3.13. The van der Waals surface area contributed by atoms with Gasteiger partial charge in [-0.1, -0.05) is 24.6 Å². The molecular weight excluding hydrogens is 241 g/mol. The molecule has 1 aromatic rings. The van der Waals surface area contributed by atoms with Crippen LogP contribution >= 0.6 is 11.6 Å². The summed E-state index contributed by atoms with van der Waals surface area (Å²) < 4.78 is 19.2. The molecule has 2 rings (SSSR count). The van der Waals surface area contributed by atoms with Crippen LogP contribution in [-0.2, 0) is 4.74 Å². The van der Waals surface area contributed by atoms with Gasteiger partial charge in [-0.05, 0) is 31.4 Å². The number of nitrogens with one attached hydrogen (secondary N) is 1. The predicted octanol–water partition coefficient (Wildman–Crippen LogP) is 3.85. The lowest BCUT2D eigenvalue weighted by Gasteiger charge is -2.30. The predicted molar refractivity (Wildman–Crippen MR) is 68.1 cm³/mol. The summed E-state index contributed by atoms with van der Waals surface area (Å²) >= 11 is 5.99. The minimum absolute atomic E-state index is 0.239. The summed E-state index contributed by atoms with van der Waals surface area (Å²) in [6, 6.07) is 4.97. The number of hydrogen-bond acceptors (Lipinski definition) is 2. The maximum Gasteiger partial charge on any atom is 0.147 e. The van der Waals surface area contributed by atoms with Gasteiger partial charge in [-0.15, -0.1) is 0 Å². The van der Waals surface area contributed by atoms with Gasteiger partial charge in [0, 0.05) is 12.6 Å². The van der Waals surface area contributed by atoms with Crippen molar-refractivity contribution in [2.24, 2.45) is 0 Å². The first kappa shape index (κ1) is 12.7. The van der Waals surface area contributed by atoms with Crippen LogP contribution in [-0.4, -0.2) is 18.8 Å². The van der Waals surface area contributed by atoms with Crippen LogP contribution < -0.4 is 5.32 Å². The van der Waals surface area contributed by atoms with Crippen molar-refractivity contribution >= 4 is 17.3 Å². The Morgan fingerprint density at radius 2 is 2.35 bits per heavy atom. The van der Waals surface area contributed by atoms with Gasteiger partial charge in [-0.3, -0.25) is 0 Å². The molecule has 1 aromatic carbocycles. The Hall–Kier alpha value is -0.800. The molecule has 1 fully saturated rings. The molecule has 0 amide bonds. The van der Waals surface area contributed by atoms with Crippen molar-refractivity contribution < 1.29 is 9.13 Å². The summed E-state index contributed by atoms with van der Waals surface area (Å²) in [5.74, 6) is -0.294. The van der Waals surface area contributed by atoms with Gasteiger partial charge in [-0.2, -0.15) is 0 Å². The van der Waals surface area contributed by atoms with E-state index < -0.39 is 0 Å².